The van der Waals surface area contributed by atoms with Crippen LogP contribution in [-0.4, -0.2) is 0 Å². The van der Waals surface area contributed by atoms with E-state index in [4.69, 9.17) is 4.52 Å². The van der Waals surface area contributed by atoms with E-state index in [0.29, 0.717) is 5.75 Å². The molecule has 0 aromatic heterocycles. The molecule has 1 fully saturated rings. The fraction of sp³-hybridized carbons (Fsp3) is 0.333. The van der Waals surface area contributed by atoms with E-state index >= 15 is 0 Å². The summed E-state index contributed by atoms with van der Waals surface area (Å²) in [5, 5.41) is 0. The Morgan fingerprint density at radius 3 is 2.42 bits per heavy atom. The van der Waals surface area contributed by atoms with E-state index < -0.39 is 0 Å². The van der Waals surface area contributed by atoms with Crippen LogP contribution in [0.4, 0.5) is 0 Å². The van der Waals surface area contributed by atoms with Crippen LogP contribution < -0.4 is 4.52 Å². The maximum Gasteiger partial charge on any atom is 0.395 e. The Balaban J connectivity index is 2.12. The molecule has 62 valence electrons. The fourth-order valence-corrected chi connectivity index (χ4v) is 1.47. The van der Waals surface area contributed by atoms with E-state index in [9.17, 15) is 4.57 Å². The molecule has 12 heavy (non-hydrogen) atoms. The quantitative estimate of drug-likeness (QED) is 0.668. The first-order valence-electron chi connectivity index (χ1n) is 4.00. The number of rotatable bonds is 3. The molecule has 1 aliphatic carbocycles. The lowest BCUT2D eigenvalue weighted by Gasteiger charge is -1.98. The maximum atomic E-state index is 10.1. The molecular weight excluding hydrogens is 171 g/mol. The zero-order chi connectivity index (χ0) is 8.39. The Morgan fingerprint density at radius 1 is 1.25 bits per heavy atom. The summed E-state index contributed by atoms with van der Waals surface area (Å²) in [7, 11) is -0.287. The lowest BCUT2D eigenvalue weighted by atomic mass is 10.1. The second kappa shape index (κ2) is 3.24. The van der Waals surface area contributed by atoms with Crippen LogP contribution in [0.15, 0.2) is 24.3 Å². The summed E-state index contributed by atoms with van der Waals surface area (Å²) < 4.78 is 14.9. The van der Waals surface area contributed by atoms with Crippen molar-refractivity contribution in [2.24, 2.45) is 0 Å². The predicted molar refractivity (Wildman–Crippen MR) is 46.7 cm³/mol. The van der Waals surface area contributed by atoms with Gasteiger partial charge in [-0.3, -0.25) is 0 Å². The van der Waals surface area contributed by atoms with Gasteiger partial charge in [-0.25, -0.2) is 4.57 Å². The zero-order valence-corrected chi connectivity index (χ0v) is 7.46. The lowest BCUT2D eigenvalue weighted by molar-refractivity contribution is 0.525. The molecule has 0 amide bonds. The molecule has 1 aromatic carbocycles. The monoisotopic (exact) mass is 180 g/mol. The third kappa shape index (κ3) is 1.64. The minimum absolute atomic E-state index is 0.287. The van der Waals surface area contributed by atoms with Crippen LogP contribution >= 0.6 is 8.69 Å². The maximum absolute atomic E-state index is 10.1. The molecule has 0 atom stereocenters. The smallest absolute Gasteiger partial charge is 0.395 e. The second-order valence-corrected chi connectivity index (χ2v) is 3.34. The van der Waals surface area contributed by atoms with Crippen LogP contribution in [0.3, 0.4) is 0 Å². The van der Waals surface area contributed by atoms with Crippen molar-refractivity contribution in [1.82, 2.24) is 0 Å². The largest absolute Gasteiger partial charge is 0.408 e. The van der Waals surface area contributed by atoms with Gasteiger partial charge in [-0.05, 0) is 36.5 Å². The number of hydrogen-bond donors (Lipinski definition) is 0. The summed E-state index contributed by atoms with van der Waals surface area (Å²) in [6.45, 7) is 0. The van der Waals surface area contributed by atoms with Crippen molar-refractivity contribution < 1.29 is 9.09 Å². The number of benzene rings is 1. The molecule has 1 aromatic rings. The standard InChI is InChI=1S/C9H9O2P/c10-12-11-9-5-3-8(4-6-9)7-1-2-7/h3-7H,1-2H2. The van der Waals surface area contributed by atoms with Gasteiger partial charge < -0.3 is 4.52 Å². The van der Waals surface area contributed by atoms with E-state index in [0.717, 1.165) is 5.92 Å². The summed E-state index contributed by atoms with van der Waals surface area (Å²) in [5.41, 5.74) is 1.37. The summed E-state index contributed by atoms with van der Waals surface area (Å²) >= 11 is 0. The van der Waals surface area contributed by atoms with Crippen molar-refractivity contribution in [2.75, 3.05) is 0 Å². The Labute approximate surface area is 72.8 Å². The van der Waals surface area contributed by atoms with Gasteiger partial charge in [0.1, 0.15) is 5.75 Å². The predicted octanol–water partition coefficient (Wildman–Crippen LogP) is 3.15. The summed E-state index contributed by atoms with van der Waals surface area (Å²) in [5.74, 6) is 1.43. The highest BCUT2D eigenvalue weighted by atomic mass is 31.1. The van der Waals surface area contributed by atoms with Crippen molar-refractivity contribution in [3.05, 3.63) is 29.8 Å². The minimum Gasteiger partial charge on any atom is -0.408 e. The van der Waals surface area contributed by atoms with Gasteiger partial charge in [0.25, 0.3) is 0 Å². The molecule has 0 spiro atoms. The minimum atomic E-state index is -0.287. The zero-order valence-electron chi connectivity index (χ0n) is 6.56. The second-order valence-electron chi connectivity index (χ2n) is 3.01. The summed E-state index contributed by atoms with van der Waals surface area (Å²) in [6.07, 6.45) is 2.61. The molecule has 0 N–H and O–H groups in total. The van der Waals surface area contributed by atoms with Gasteiger partial charge in [-0.15, -0.1) is 0 Å². The normalized spacial score (nSPS) is 16.3. The van der Waals surface area contributed by atoms with Crippen LogP contribution in [0.2, 0.25) is 0 Å². The van der Waals surface area contributed by atoms with E-state index in [1.54, 1.807) is 0 Å². The van der Waals surface area contributed by atoms with Gasteiger partial charge in [0.15, 0.2) is 0 Å². The summed E-state index contributed by atoms with van der Waals surface area (Å²) in [6, 6.07) is 7.80. The van der Waals surface area contributed by atoms with Crippen LogP contribution in [0.5, 0.6) is 5.75 Å². The van der Waals surface area contributed by atoms with E-state index in [-0.39, 0.29) is 8.69 Å². The SMILES string of the molecule is O=POc1ccc(C2CC2)cc1. The van der Waals surface area contributed by atoms with Crippen molar-refractivity contribution in [3.8, 4) is 5.75 Å². The van der Waals surface area contributed by atoms with Crippen LogP contribution in [0.25, 0.3) is 0 Å². The van der Waals surface area contributed by atoms with Gasteiger partial charge in [0.05, 0.1) is 0 Å². The number of hydrogen-bond acceptors (Lipinski definition) is 2. The van der Waals surface area contributed by atoms with Gasteiger partial charge in [-0.2, -0.15) is 0 Å². The van der Waals surface area contributed by atoms with Crippen molar-refractivity contribution in [3.63, 3.8) is 0 Å². The van der Waals surface area contributed by atoms with Gasteiger partial charge in [0, 0.05) is 0 Å². The van der Waals surface area contributed by atoms with E-state index in [1.165, 1.54) is 18.4 Å². The van der Waals surface area contributed by atoms with Crippen LogP contribution in [0.1, 0.15) is 24.3 Å². The Bertz CT molecular complexity index is 277. The molecule has 1 aliphatic rings. The third-order valence-corrected chi connectivity index (χ3v) is 2.36. The molecule has 2 nitrogen and oxygen atoms in total. The highest BCUT2D eigenvalue weighted by Gasteiger charge is 2.22. The van der Waals surface area contributed by atoms with Gasteiger partial charge in [0.2, 0.25) is 0 Å². The third-order valence-electron chi connectivity index (χ3n) is 2.07. The molecule has 0 radical (unpaired) electrons. The molecule has 2 rings (SSSR count). The van der Waals surface area contributed by atoms with Crippen LogP contribution in [0, 0.1) is 0 Å². The van der Waals surface area contributed by atoms with Gasteiger partial charge >= 0.3 is 8.69 Å². The van der Waals surface area contributed by atoms with Gasteiger partial charge in [-0.1, -0.05) is 12.1 Å². The van der Waals surface area contributed by atoms with E-state index in [2.05, 4.69) is 0 Å². The molecule has 3 heteroatoms. The first-order valence-corrected chi connectivity index (χ1v) is 4.73. The average Bonchev–Trinajstić information content (AvgIpc) is 2.89. The van der Waals surface area contributed by atoms with Crippen molar-refractivity contribution in [2.45, 2.75) is 18.8 Å². The fourth-order valence-electron chi connectivity index (χ4n) is 1.26. The Morgan fingerprint density at radius 2 is 1.92 bits per heavy atom. The highest BCUT2D eigenvalue weighted by Crippen LogP contribution is 2.40. The first-order chi connectivity index (χ1) is 5.90. The molecule has 0 bridgehead atoms. The van der Waals surface area contributed by atoms with Crippen molar-refractivity contribution >= 4 is 8.69 Å². The molecule has 0 aliphatic heterocycles. The highest BCUT2D eigenvalue weighted by molar-refractivity contribution is 7.17. The molecule has 0 unspecified atom stereocenters. The Kier molecular flexibility index (Phi) is 2.09. The summed E-state index contributed by atoms with van der Waals surface area (Å²) in [4.78, 5) is 0. The Hall–Kier alpha value is -0.880. The molecule has 0 saturated heterocycles. The topological polar surface area (TPSA) is 26.3 Å². The van der Waals surface area contributed by atoms with Crippen LogP contribution in [-0.2, 0) is 4.57 Å². The molecule has 0 heterocycles. The molecule has 1 saturated carbocycles. The average molecular weight is 180 g/mol. The van der Waals surface area contributed by atoms with Crippen molar-refractivity contribution in [1.29, 1.82) is 0 Å². The first kappa shape index (κ1) is 7.75. The lowest BCUT2D eigenvalue weighted by Crippen LogP contribution is -1.79. The molecular formula is C9H9O2P. The van der Waals surface area contributed by atoms with E-state index in [1.807, 2.05) is 24.3 Å².